The molecule has 25 heavy (non-hydrogen) atoms. The fourth-order valence-electron chi connectivity index (χ4n) is 2.01. The highest BCUT2D eigenvalue weighted by Crippen LogP contribution is 2.16. The van der Waals surface area contributed by atoms with E-state index in [9.17, 15) is 9.59 Å². The predicted molar refractivity (Wildman–Crippen MR) is 97.8 cm³/mol. The molecule has 0 bridgehead atoms. The number of amides is 2. The number of likely N-dealkylation sites (N-methyl/N-ethyl adjacent to an activating group) is 1. The summed E-state index contributed by atoms with van der Waals surface area (Å²) in [4.78, 5) is 33.7. The molecule has 2 amide bonds. The Morgan fingerprint density at radius 2 is 1.72 bits per heavy atom. The maximum Gasteiger partial charge on any atom is 0.258 e. The van der Waals surface area contributed by atoms with E-state index in [0.29, 0.717) is 29.4 Å². The van der Waals surface area contributed by atoms with Gasteiger partial charge in [-0.05, 0) is 32.3 Å². The van der Waals surface area contributed by atoms with Crippen molar-refractivity contribution in [1.29, 1.82) is 0 Å². The summed E-state index contributed by atoms with van der Waals surface area (Å²) in [7, 11) is 3.97. The summed E-state index contributed by atoms with van der Waals surface area (Å²) >= 11 is 0. The molecule has 132 valence electrons. The van der Waals surface area contributed by atoms with E-state index in [-0.39, 0.29) is 11.8 Å². The van der Waals surface area contributed by atoms with E-state index >= 15 is 0 Å². The maximum absolute atomic E-state index is 12.3. The first-order chi connectivity index (χ1) is 11.9. The van der Waals surface area contributed by atoms with Crippen LogP contribution in [-0.2, 0) is 4.79 Å². The quantitative estimate of drug-likeness (QED) is 0.708. The first-order valence-electron chi connectivity index (χ1n) is 7.83. The van der Waals surface area contributed by atoms with Gasteiger partial charge in [0, 0.05) is 43.8 Å². The van der Waals surface area contributed by atoms with Crippen molar-refractivity contribution < 1.29 is 9.59 Å². The van der Waals surface area contributed by atoms with Gasteiger partial charge in [0.05, 0.1) is 5.56 Å². The van der Waals surface area contributed by atoms with E-state index in [2.05, 4.69) is 25.9 Å². The Balaban J connectivity index is 1.95. The largest absolute Gasteiger partial charge is 0.353 e. The Labute approximate surface area is 146 Å². The van der Waals surface area contributed by atoms with Gasteiger partial charge >= 0.3 is 0 Å². The van der Waals surface area contributed by atoms with Crippen molar-refractivity contribution in [2.24, 2.45) is 0 Å². The van der Waals surface area contributed by atoms with Gasteiger partial charge < -0.3 is 20.9 Å². The van der Waals surface area contributed by atoms with Crippen LogP contribution in [0.5, 0.6) is 0 Å². The van der Waals surface area contributed by atoms with Gasteiger partial charge in [-0.3, -0.25) is 9.59 Å². The van der Waals surface area contributed by atoms with Gasteiger partial charge in [0.1, 0.15) is 0 Å². The number of anilines is 3. The van der Waals surface area contributed by atoms with Crippen LogP contribution in [0, 0.1) is 0 Å². The number of hydrogen-bond acceptors (Lipinski definition) is 6. The monoisotopic (exact) mass is 342 g/mol. The third-order valence-corrected chi connectivity index (χ3v) is 3.20. The lowest BCUT2D eigenvalue weighted by atomic mass is 10.2. The van der Waals surface area contributed by atoms with E-state index in [0.717, 1.165) is 6.54 Å². The summed E-state index contributed by atoms with van der Waals surface area (Å²) < 4.78 is 0. The zero-order valence-electron chi connectivity index (χ0n) is 14.5. The van der Waals surface area contributed by atoms with Gasteiger partial charge in [-0.15, -0.1) is 0 Å². The molecule has 0 atom stereocenters. The number of nitrogens with one attached hydrogen (secondary N) is 3. The highest BCUT2D eigenvalue weighted by molar-refractivity contribution is 6.04. The average Bonchev–Trinajstić information content (AvgIpc) is 2.55. The first-order valence-corrected chi connectivity index (χ1v) is 7.83. The molecule has 3 N–H and O–H groups in total. The van der Waals surface area contributed by atoms with Crippen molar-refractivity contribution >= 4 is 29.1 Å². The van der Waals surface area contributed by atoms with Crippen molar-refractivity contribution in [3.8, 4) is 0 Å². The molecule has 1 aromatic heterocycles. The zero-order chi connectivity index (χ0) is 18.2. The lowest BCUT2D eigenvalue weighted by molar-refractivity contribution is -0.114. The van der Waals surface area contributed by atoms with Crippen molar-refractivity contribution in [3.05, 3.63) is 42.2 Å². The second-order valence-electron chi connectivity index (χ2n) is 5.74. The molecular weight excluding hydrogens is 320 g/mol. The fourth-order valence-corrected chi connectivity index (χ4v) is 2.01. The molecule has 0 spiro atoms. The third kappa shape index (κ3) is 6.19. The Morgan fingerprint density at radius 1 is 1.08 bits per heavy atom. The Kier molecular flexibility index (Phi) is 6.41. The molecule has 0 aliphatic heterocycles. The highest BCUT2D eigenvalue weighted by atomic mass is 16.2. The number of rotatable bonds is 7. The van der Waals surface area contributed by atoms with Gasteiger partial charge in [-0.1, -0.05) is 6.07 Å². The van der Waals surface area contributed by atoms with Crippen LogP contribution < -0.4 is 16.0 Å². The summed E-state index contributed by atoms with van der Waals surface area (Å²) in [5.41, 5.74) is 1.54. The van der Waals surface area contributed by atoms with Crippen molar-refractivity contribution in [2.75, 3.05) is 43.1 Å². The van der Waals surface area contributed by atoms with E-state index in [1.165, 1.54) is 19.3 Å². The van der Waals surface area contributed by atoms with Crippen LogP contribution in [0.1, 0.15) is 17.3 Å². The number of nitrogens with zero attached hydrogens (tertiary/aromatic N) is 3. The number of carbonyl (C=O) groups excluding carboxylic acids is 2. The van der Waals surface area contributed by atoms with Gasteiger partial charge in [0.15, 0.2) is 0 Å². The normalized spacial score (nSPS) is 10.4. The van der Waals surface area contributed by atoms with Crippen molar-refractivity contribution in [3.63, 3.8) is 0 Å². The maximum atomic E-state index is 12.3. The molecule has 1 aromatic carbocycles. The molecule has 0 unspecified atom stereocenters. The van der Waals surface area contributed by atoms with E-state index in [1.807, 2.05) is 19.0 Å². The van der Waals surface area contributed by atoms with Gasteiger partial charge in [-0.25, -0.2) is 9.97 Å². The minimum atomic E-state index is -0.320. The number of carbonyl (C=O) groups is 2. The number of aromatic nitrogens is 2. The molecule has 0 aliphatic rings. The topological polar surface area (TPSA) is 99.2 Å². The van der Waals surface area contributed by atoms with Crippen LogP contribution in [0.4, 0.5) is 17.3 Å². The van der Waals surface area contributed by atoms with Crippen LogP contribution in [0.3, 0.4) is 0 Å². The number of benzene rings is 1. The Morgan fingerprint density at radius 3 is 2.32 bits per heavy atom. The van der Waals surface area contributed by atoms with Crippen LogP contribution >= 0.6 is 0 Å². The molecule has 0 fully saturated rings. The smallest absolute Gasteiger partial charge is 0.258 e. The minimum absolute atomic E-state index is 0.172. The standard InChI is InChI=1S/C17H22N6O2/c1-12(24)21-14-5-4-6-15(9-14)22-16(25)13-10-19-17(20-11-13)18-7-8-23(2)3/h4-6,9-11H,7-8H2,1-3H3,(H,21,24)(H,22,25)(H,18,19,20). The van der Waals surface area contributed by atoms with Crippen molar-refractivity contribution in [2.45, 2.75) is 6.92 Å². The number of hydrogen-bond donors (Lipinski definition) is 3. The summed E-state index contributed by atoms with van der Waals surface area (Å²) in [6.45, 7) is 3.00. The molecule has 8 heteroatoms. The lowest BCUT2D eigenvalue weighted by Gasteiger charge is -2.10. The molecule has 0 radical (unpaired) electrons. The third-order valence-electron chi connectivity index (χ3n) is 3.20. The minimum Gasteiger partial charge on any atom is -0.353 e. The molecular formula is C17H22N6O2. The predicted octanol–water partition coefficient (Wildman–Crippen LogP) is 1.66. The molecule has 8 nitrogen and oxygen atoms in total. The average molecular weight is 342 g/mol. The summed E-state index contributed by atoms with van der Waals surface area (Å²) in [6.07, 6.45) is 2.94. The first kappa shape index (κ1) is 18.3. The molecule has 0 saturated heterocycles. The van der Waals surface area contributed by atoms with E-state index in [1.54, 1.807) is 24.3 Å². The summed E-state index contributed by atoms with van der Waals surface area (Å²) in [5.74, 6) is -0.0138. The molecule has 2 aromatic rings. The molecule has 0 aliphatic carbocycles. The second-order valence-corrected chi connectivity index (χ2v) is 5.74. The Hall–Kier alpha value is -3.00. The van der Waals surface area contributed by atoms with E-state index in [4.69, 9.17) is 0 Å². The Bertz CT molecular complexity index is 730. The lowest BCUT2D eigenvalue weighted by Crippen LogP contribution is -2.21. The molecule has 2 rings (SSSR count). The van der Waals surface area contributed by atoms with Crippen molar-refractivity contribution in [1.82, 2.24) is 14.9 Å². The van der Waals surface area contributed by atoms with Gasteiger partial charge in [0.2, 0.25) is 11.9 Å². The molecule has 1 heterocycles. The fraction of sp³-hybridized carbons (Fsp3) is 0.294. The summed E-state index contributed by atoms with van der Waals surface area (Å²) in [5, 5.41) is 8.50. The SMILES string of the molecule is CC(=O)Nc1cccc(NC(=O)c2cnc(NCCN(C)C)nc2)c1. The highest BCUT2D eigenvalue weighted by Gasteiger charge is 2.08. The van der Waals surface area contributed by atoms with E-state index < -0.39 is 0 Å². The van der Waals surface area contributed by atoms with Crippen LogP contribution in [-0.4, -0.2) is 53.9 Å². The summed E-state index contributed by atoms with van der Waals surface area (Å²) in [6, 6.07) is 6.90. The van der Waals surface area contributed by atoms with Gasteiger partial charge in [0.25, 0.3) is 5.91 Å². The van der Waals surface area contributed by atoms with Crippen LogP contribution in [0.25, 0.3) is 0 Å². The molecule has 0 saturated carbocycles. The zero-order valence-corrected chi connectivity index (χ0v) is 14.5. The van der Waals surface area contributed by atoms with Crippen LogP contribution in [0.2, 0.25) is 0 Å². The second kappa shape index (κ2) is 8.74. The van der Waals surface area contributed by atoms with Crippen LogP contribution in [0.15, 0.2) is 36.7 Å². The van der Waals surface area contributed by atoms with Gasteiger partial charge in [-0.2, -0.15) is 0 Å².